The van der Waals surface area contributed by atoms with Gasteiger partial charge < -0.3 is 10.1 Å². The maximum Gasteiger partial charge on any atom is 0.265 e. The summed E-state index contributed by atoms with van der Waals surface area (Å²) >= 11 is 5.85. The van der Waals surface area contributed by atoms with Crippen molar-refractivity contribution in [3.05, 3.63) is 58.6 Å². The van der Waals surface area contributed by atoms with Gasteiger partial charge in [-0.2, -0.15) is 0 Å². The Balaban J connectivity index is 1.68. The van der Waals surface area contributed by atoms with E-state index < -0.39 is 6.10 Å². The third-order valence-electron chi connectivity index (χ3n) is 4.14. The molecule has 0 radical (unpaired) electrons. The van der Waals surface area contributed by atoms with Crippen LogP contribution in [-0.2, 0) is 17.6 Å². The molecule has 0 bridgehead atoms. The van der Waals surface area contributed by atoms with Crippen molar-refractivity contribution >= 4 is 23.2 Å². The minimum atomic E-state index is -0.556. The van der Waals surface area contributed by atoms with Crippen molar-refractivity contribution in [2.24, 2.45) is 0 Å². The first-order valence-corrected chi connectivity index (χ1v) is 8.35. The van der Waals surface area contributed by atoms with E-state index in [1.165, 1.54) is 24.0 Å². The van der Waals surface area contributed by atoms with E-state index in [9.17, 15) is 4.79 Å². The van der Waals surface area contributed by atoms with Gasteiger partial charge in [-0.1, -0.05) is 23.7 Å². The summed E-state index contributed by atoms with van der Waals surface area (Å²) in [6.45, 7) is 1.77. The predicted octanol–water partition coefficient (Wildman–Crippen LogP) is 4.62. The van der Waals surface area contributed by atoms with Gasteiger partial charge in [0.1, 0.15) is 5.75 Å². The summed E-state index contributed by atoms with van der Waals surface area (Å²) in [7, 11) is 0. The summed E-state index contributed by atoms with van der Waals surface area (Å²) in [6.07, 6.45) is 3.97. The van der Waals surface area contributed by atoms with Crippen molar-refractivity contribution in [3.8, 4) is 5.75 Å². The highest BCUT2D eigenvalue weighted by Gasteiger charge is 2.19. The molecule has 0 unspecified atom stereocenters. The molecule has 1 N–H and O–H groups in total. The Morgan fingerprint density at radius 1 is 1.13 bits per heavy atom. The third-order valence-corrected chi connectivity index (χ3v) is 4.39. The SMILES string of the molecule is C[C@@H](Oc1cccc2c1CCCC2)C(=O)Nc1ccc(Cl)cc1. The molecular formula is C19H20ClNO2. The monoisotopic (exact) mass is 329 g/mol. The standard InChI is InChI=1S/C19H20ClNO2/c1-13(19(22)21-16-11-9-15(20)10-12-16)23-18-8-4-6-14-5-2-3-7-17(14)18/h4,6,8-13H,2-3,5,7H2,1H3,(H,21,22)/t13-/m1/s1. The zero-order valence-corrected chi connectivity index (χ0v) is 13.9. The van der Waals surface area contributed by atoms with Crippen molar-refractivity contribution in [2.75, 3.05) is 5.32 Å². The molecule has 120 valence electrons. The molecule has 0 fully saturated rings. The summed E-state index contributed by atoms with van der Waals surface area (Å²) in [6, 6.07) is 13.2. The number of aryl methyl sites for hydroxylation is 1. The van der Waals surface area contributed by atoms with E-state index >= 15 is 0 Å². The van der Waals surface area contributed by atoms with Gasteiger partial charge >= 0.3 is 0 Å². The second-order valence-corrected chi connectivity index (χ2v) is 6.29. The Kier molecular flexibility index (Phi) is 4.87. The van der Waals surface area contributed by atoms with Gasteiger partial charge in [0.05, 0.1) is 0 Å². The van der Waals surface area contributed by atoms with Crippen LogP contribution in [0.3, 0.4) is 0 Å². The summed E-state index contributed by atoms with van der Waals surface area (Å²) in [5.74, 6) is 0.668. The Bertz CT molecular complexity index is 697. The van der Waals surface area contributed by atoms with E-state index in [0.29, 0.717) is 10.7 Å². The number of fused-ring (bicyclic) bond motifs is 1. The molecule has 0 aliphatic heterocycles. The number of carbonyl (C=O) groups is 1. The fourth-order valence-electron chi connectivity index (χ4n) is 2.88. The van der Waals surface area contributed by atoms with Crippen LogP contribution in [0.2, 0.25) is 5.02 Å². The second-order valence-electron chi connectivity index (χ2n) is 5.86. The van der Waals surface area contributed by atoms with Crippen LogP contribution in [0.5, 0.6) is 5.75 Å². The number of nitrogens with one attached hydrogen (secondary N) is 1. The van der Waals surface area contributed by atoms with Gasteiger partial charge in [-0.3, -0.25) is 4.79 Å². The quantitative estimate of drug-likeness (QED) is 0.888. The summed E-state index contributed by atoms with van der Waals surface area (Å²) in [4.78, 5) is 12.3. The molecule has 0 saturated carbocycles. The first-order chi connectivity index (χ1) is 11.1. The maximum absolute atomic E-state index is 12.3. The molecule has 3 rings (SSSR count). The maximum atomic E-state index is 12.3. The number of amides is 1. The lowest BCUT2D eigenvalue weighted by Crippen LogP contribution is -2.30. The van der Waals surface area contributed by atoms with Crippen molar-refractivity contribution in [3.63, 3.8) is 0 Å². The number of hydrogen-bond donors (Lipinski definition) is 1. The molecule has 2 aromatic rings. The minimum Gasteiger partial charge on any atom is -0.481 e. The van der Waals surface area contributed by atoms with Crippen LogP contribution in [0.25, 0.3) is 0 Å². The van der Waals surface area contributed by atoms with Gasteiger partial charge in [0.2, 0.25) is 0 Å². The van der Waals surface area contributed by atoms with E-state index in [-0.39, 0.29) is 5.91 Å². The van der Waals surface area contributed by atoms with Gasteiger partial charge in [0.15, 0.2) is 6.10 Å². The van der Waals surface area contributed by atoms with Crippen LogP contribution in [0.1, 0.15) is 30.9 Å². The third kappa shape index (κ3) is 3.85. The highest BCUT2D eigenvalue weighted by Crippen LogP contribution is 2.30. The zero-order chi connectivity index (χ0) is 16.2. The van der Waals surface area contributed by atoms with Crippen molar-refractivity contribution in [1.82, 2.24) is 0 Å². The molecule has 0 aromatic heterocycles. The van der Waals surface area contributed by atoms with Gasteiger partial charge in [-0.05, 0) is 74.1 Å². The Morgan fingerprint density at radius 3 is 2.65 bits per heavy atom. The van der Waals surface area contributed by atoms with Crippen molar-refractivity contribution < 1.29 is 9.53 Å². The highest BCUT2D eigenvalue weighted by atomic mass is 35.5. The number of benzene rings is 2. The Hall–Kier alpha value is -2.00. The van der Waals surface area contributed by atoms with Gasteiger partial charge in [-0.15, -0.1) is 0 Å². The number of halogens is 1. The van der Waals surface area contributed by atoms with E-state index in [1.54, 1.807) is 31.2 Å². The Morgan fingerprint density at radius 2 is 1.87 bits per heavy atom. The number of ether oxygens (including phenoxy) is 1. The lowest BCUT2D eigenvalue weighted by Gasteiger charge is -2.22. The largest absolute Gasteiger partial charge is 0.481 e. The van der Waals surface area contributed by atoms with E-state index in [1.807, 2.05) is 12.1 Å². The number of hydrogen-bond acceptors (Lipinski definition) is 2. The second kappa shape index (κ2) is 7.05. The molecular weight excluding hydrogens is 310 g/mol. The van der Waals surface area contributed by atoms with E-state index in [2.05, 4.69) is 11.4 Å². The fourth-order valence-corrected chi connectivity index (χ4v) is 3.00. The van der Waals surface area contributed by atoms with Crippen molar-refractivity contribution in [1.29, 1.82) is 0 Å². The first-order valence-electron chi connectivity index (χ1n) is 7.97. The van der Waals surface area contributed by atoms with Crippen molar-refractivity contribution in [2.45, 2.75) is 38.7 Å². The predicted molar refractivity (Wildman–Crippen MR) is 93.3 cm³/mol. The van der Waals surface area contributed by atoms with Gasteiger partial charge in [-0.25, -0.2) is 0 Å². The number of rotatable bonds is 4. The smallest absolute Gasteiger partial charge is 0.265 e. The topological polar surface area (TPSA) is 38.3 Å². The molecule has 1 amide bonds. The average molecular weight is 330 g/mol. The molecule has 23 heavy (non-hydrogen) atoms. The van der Waals surface area contributed by atoms with Crippen LogP contribution in [0.15, 0.2) is 42.5 Å². The summed E-state index contributed by atoms with van der Waals surface area (Å²) < 4.78 is 5.93. The normalized spacial score (nSPS) is 14.7. The fraction of sp³-hybridized carbons (Fsp3) is 0.316. The van der Waals surface area contributed by atoms with Gasteiger partial charge in [0, 0.05) is 10.7 Å². The summed E-state index contributed by atoms with van der Waals surface area (Å²) in [5.41, 5.74) is 3.31. The van der Waals surface area contributed by atoms with E-state index in [4.69, 9.17) is 16.3 Å². The van der Waals surface area contributed by atoms with Crippen LogP contribution >= 0.6 is 11.6 Å². The lowest BCUT2D eigenvalue weighted by atomic mass is 9.91. The molecule has 0 heterocycles. The number of carbonyl (C=O) groups excluding carboxylic acids is 1. The van der Waals surface area contributed by atoms with Crippen LogP contribution in [0, 0.1) is 0 Å². The molecule has 4 heteroatoms. The molecule has 0 spiro atoms. The average Bonchev–Trinajstić information content (AvgIpc) is 2.57. The van der Waals surface area contributed by atoms with Crippen LogP contribution < -0.4 is 10.1 Å². The molecule has 3 nitrogen and oxygen atoms in total. The van der Waals surface area contributed by atoms with Crippen LogP contribution in [0.4, 0.5) is 5.69 Å². The van der Waals surface area contributed by atoms with E-state index in [0.717, 1.165) is 18.6 Å². The minimum absolute atomic E-state index is 0.166. The van der Waals surface area contributed by atoms with Crippen LogP contribution in [-0.4, -0.2) is 12.0 Å². The zero-order valence-electron chi connectivity index (χ0n) is 13.1. The highest BCUT2D eigenvalue weighted by molar-refractivity contribution is 6.30. The molecule has 1 aliphatic carbocycles. The Labute approximate surface area is 141 Å². The molecule has 0 saturated heterocycles. The summed E-state index contributed by atoms with van der Waals surface area (Å²) in [5, 5.41) is 3.49. The molecule has 2 aromatic carbocycles. The molecule has 1 aliphatic rings. The van der Waals surface area contributed by atoms with Gasteiger partial charge in [0.25, 0.3) is 5.91 Å². The first kappa shape index (κ1) is 15.9. The number of anilines is 1. The lowest BCUT2D eigenvalue weighted by molar-refractivity contribution is -0.122. The molecule has 1 atom stereocenters.